The number of halogens is 1. The van der Waals surface area contributed by atoms with Gasteiger partial charge in [-0.3, -0.25) is 4.98 Å². The molecule has 0 aliphatic rings. The van der Waals surface area contributed by atoms with E-state index in [4.69, 9.17) is 9.84 Å². The second-order valence-corrected chi connectivity index (χ2v) is 3.61. The third kappa shape index (κ3) is 2.29. The van der Waals surface area contributed by atoms with Gasteiger partial charge in [-0.25, -0.2) is 9.18 Å². The number of rotatable bonds is 3. The molecule has 18 heavy (non-hydrogen) atoms. The van der Waals surface area contributed by atoms with E-state index in [9.17, 15) is 9.18 Å². The molecule has 0 unspecified atom stereocenters. The number of aromatic carboxylic acids is 1. The molecule has 0 saturated heterocycles. The van der Waals surface area contributed by atoms with Crippen molar-refractivity contribution in [1.29, 1.82) is 0 Å². The fourth-order valence-corrected chi connectivity index (χ4v) is 1.61. The second-order valence-electron chi connectivity index (χ2n) is 3.61. The molecule has 0 amide bonds. The first-order valence-electron chi connectivity index (χ1n) is 5.14. The largest absolute Gasteiger partial charge is 0.496 e. The monoisotopic (exact) mass is 247 g/mol. The molecule has 0 atom stereocenters. The number of pyridine rings is 1. The summed E-state index contributed by atoms with van der Waals surface area (Å²) in [6.07, 6.45) is 2.70. The van der Waals surface area contributed by atoms with Gasteiger partial charge < -0.3 is 9.84 Å². The summed E-state index contributed by atoms with van der Waals surface area (Å²) in [5.74, 6) is -1.05. The van der Waals surface area contributed by atoms with E-state index in [1.165, 1.54) is 43.8 Å². The summed E-state index contributed by atoms with van der Waals surface area (Å²) in [6.45, 7) is 0. The van der Waals surface area contributed by atoms with Gasteiger partial charge >= 0.3 is 5.97 Å². The number of aromatic nitrogens is 1. The Balaban J connectivity index is 2.57. The highest BCUT2D eigenvalue weighted by molar-refractivity contribution is 5.89. The number of carbonyl (C=O) groups is 1. The van der Waals surface area contributed by atoms with Crippen molar-refractivity contribution in [3.63, 3.8) is 0 Å². The number of methoxy groups -OCH3 is 1. The molecule has 92 valence electrons. The van der Waals surface area contributed by atoms with E-state index < -0.39 is 11.8 Å². The van der Waals surface area contributed by atoms with Gasteiger partial charge in [0.15, 0.2) is 0 Å². The third-order valence-corrected chi connectivity index (χ3v) is 2.46. The van der Waals surface area contributed by atoms with Crippen LogP contribution in [0.1, 0.15) is 10.4 Å². The average molecular weight is 247 g/mol. The fraction of sp³-hybridized carbons (Fsp3) is 0.0769. The zero-order valence-corrected chi connectivity index (χ0v) is 9.55. The van der Waals surface area contributed by atoms with Crippen LogP contribution in [0.5, 0.6) is 5.75 Å². The Kier molecular flexibility index (Phi) is 3.23. The predicted molar refractivity (Wildman–Crippen MR) is 63.1 cm³/mol. The fourth-order valence-electron chi connectivity index (χ4n) is 1.61. The Bertz CT molecular complexity index is 599. The van der Waals surface area contributed by atoms with Crippen molar-refractivity contribution in [1.82, 2.24) is 4.98 Å². The number of hydrogen-bond donors (Lipinski definition) is 1. The molecule has 1 aromatic carbocycles. The SMILES string of the molecule is COc1ccc(F)cc1-c1cncc(C(=O)O)c1. The van der Waals surface area contributed by atoms with Crippen molar-refractivity contribution >= 4 is 5.97 Å². The quantitative estimate of drug-likeness (QED) is 0.905. The normalized spacial score (nSPS) is 10.1. The van der Waals surface area contributed by atoms with Crippen LogP contribution in [0.2, 0.25) is 0 Å². The van der Waals surface area contributed by atoms with Gasteiger partial charge in [-0.2, -0.15) is 0 Å². The molecule has 1 N–H and O–H groups in total. The van der Waals surface area contributed by atoms with Crippen molar-refractivity contribution in [2.24, 2.45) is 0 Å². The number of benzene rings is 1. The Morgan fingerprint density at radius 2 is 2.11 bits per heavy atom. The standard InChI is InChI=1S/C13H10FNO3/c1-18-12-3-2-10(14)5-11(12)8-4-9(13(16)17)7-15-6-8/h2-7H,1H3,(H,16,17). The number of nitrogens with zero attached hydrogens (tertiary/aromatic N) is 1. The van der Waals surface area contributed by atoms with Crippen molar-refractivity contribution in [2.45, 2.75) is 0 Å². The van der Waals surface area contributed by atoms with E-state index in [2.05, 4.69) is 4.98 Å². The molecular weight excluding hydrogens is 237 g/mol. The smallest absolute Gasteiger partial charge is 0.337 e. The summed E-state index contributed by atoms with van der Waals surface area (Å²) in [6, 6.07) is 5.46. The van der Waals surface area contributed by atoms with E-state index in [-0.39, 0.29) is 5.56 Å². The molecule has 0 fully saturated rings. The summed E-state index contributed by atoms with van der Waals surface area (Å²) in [7, 11) is 1.46. The van der Waals surface area contributed by atoms with Gasteiger partial charge in [-0.05, 0) is 24.3 Å². The maximum absolute atomic E-state index is 13.2. The highest BCUT2D eigenvalue weighted by atomic mass is 19.1. The number of carboxylic acid groups (broad SMARTS) is 1. The van der Waals surface area contributed by atoms with Crippen LogP contribution in [0.3, 0.4) is 0 Å². The molecule has 0 saturated carbocycles. The Labute approximate surface area is 103 Å². The highest BCUT2D eigenvalue weighted by Gasteiger charge is 2.10. The van der Waals surface area contributed by atoms with Crippen molar-refractivity contribution in [3.05, 3.63) is 48.0 Å². The molecule has 1 heterocycles. The van der Waals surface area contributed by atoms with E-state index >= 15 is 0 Å². The third-order valence-electron chi connectivity index (χ3n) is 2.46. The van der Waals surface area contributed by atoms with Crippen LogP contribution in [-0.2, 0) is 0 Å². The van der Waals surface area contributed by atoms with Crippen molar-refractivity contribution in [2.75, 3.05) is 7.11 Å². The minimum Gasteiger partial charge on any atom is -0.496 e. The van der Waals surface area contributed by atoms with E-state index in [1.54, 1.807) is 0 Å². The summed E-state index contributed by atoms with van der Waals surface area (Å²) in [5, 5.41) is 8.89. The lowest BCUT2D eigenvalue weighted by molar-refractivity contribution is 0.0696. The Hall–Kier alpha value is -2.43. The Morgan fingerprint density at radius 3 is 2.78 bits per heavy atom. The van der Waals surface area contributed by atoms with Crippen LogP contribution in [0.15, 0.2) is 36.7 Å². The molecule has 2 aromatic rings. The van der Waals surface area contributed by atoms with Crippen LogP contribution in [0.25, 0.3) is 11.1 Å². The zero-order valence-electron chi connectivity index (χ0n) is 9.55. The van der Waals surface area contributed by atoms with Gasteiger partial charge in [-0.1, -0.05) is 0 Å². The first kappa shape index (κ1) is 12.0. The molecule has 0 radical (unpaired) electrons. The van der Waals surface area contributed by atoms with Crippen LogP contribution < -0.4 is 4.74 Å². The van der Waals surface area contributed by atoms with Gasteiger partial charge in [0.05, 0.1) is 12.7 Å². The van der Waals surface area contributed by atoms with Gasteiger partial charge in [-0.15, -0.1) is 0 Å². The second kappa shape index (κ2) is 4.83. The molecule has 0 aliphatic carbocycles. The first-order valence-corrected chi connectivity index (χ1v) is 5.14. The van der Waals surface area contributed by atoms with Crippen LogP contribution in [0, 0.1) is 5.82 Å². The molecule has 4 nitrogen and oxygen atoms in total. The highest BCUT2D eigenvalue weighted by Crippen LogP contribution is 2.30. The lowest BCUT2D eigenvalue weighted by Crippen LogP contribution is -1.98. The van der Waals surface area contributed by atoms with Gasteiger partial charge in [0, 0.05) is 23.5 Å². The van der Waals surface area contributed by atoms with Crippen LogP contribution in [-0.4, -0.2) is 23.2 Å². The van der Waals surface area contributed by atoms with Crippen molar-refractivity contribution < 1.29 is 19.0 Å². The van der Waals surface area contributed by atoms with E-state index in [0.717, 1.165) is 0 Å². The van der Waals surface area contributed by atoms with Crippen LogP contribution >= 0.6 is 0 Å². The molecule has 5 heteroatoms. The minimum absolute atomic E-state index is 0.0406. The average Bonchev–Trinajstić information content (AvgIpc) is 2.39. The topological polar surface area (TPSA) is 59.4 Å². The lowest BCUT2D eigenvalue weighted by Gasteiger charge is -2.08. The van der Waals surface area contributed by atoms with Gasteiger partial charge in [0.25, 0.3) is 0 Å². The van der Waals surface area contributed by atoms with Crippen molar-refractivity contribution in [3.8, 4) is 16.9 Å². The number of ether oxygens (including phenoxy) is 1. The molecule has 2 rings (SSSR count). The van der Waals surface area contributed by atoms with E-state index in [0.29, 0.717) is 16.9 Å². The number of hydrogen-bond acceptors (Lipinski definition) is 3. The zero-order chi connectivity index (χ0) is 13.1. The summed E-state index contributed by atoms with van der Waals surface area (Å²) in [5.41, 5.74) is 0.998. The predicted octanol–water partition coefficient (Wildman–Crippen LogP) is 2.59. The lowest BCUT2D eigenvalue weighted by atomic mass is 10.0. The maximum atomic E-state index is 13.2. The summed E-state index contributed by atoms with van der Waals surface area (Å²) in [4.78, 5) is 14.7. The van der Waals surface area contributed by atoms with Gasteiger partial charge in [0.2, 0.25) is 0 Å². The summed E-state index contributed by atoms with van der Waals surface area (Å²) >= 11 is 0. The van der Waals surface area contributed by atoms with E-state index in [1.807, 2.05) is 0 Å². The molecule has 0 spiro atoms. The first-order chi connectivity index (χ1) is 8.61. The number of carboxylic acids is 1. The molecule has 0 bridgehead atoms. The summed E-state index contributed by atoms with van der Waals surface area (Å²) < 4.78 is 18.3. The molecule has 1 aromatic heterocycles. The molecule has 0 aliphatic heterocycles. The molecular formula is C13H10FNO3. The Morgan fingerprint density at radius 1 is 1.33 bits per heavy atom. The van der Waals surface area contributed by atoms with Crippen LogP contribution in [0.4, 0.5) is 4.39 Å². The minimum atomic E-state index is -1.08. The van der Waals surface area contributed by atoms with Gasteiger partial charge in [0.1, 0.15) is 11.6 Å². The maximum Gasteiger partial charge on any atom is 0.337 e.